The molecule has 0 bridgehead atoms. The average molecular weight is 370 g/mol. The van der Waals surface area contributed by atoms with E-state index in [1.54, 1.807) is 16.2 Å². The SMILES string of the molecule is C[C@H](NC(=O)N1CCC(O)(c2ccccc2)CC1)c1cn2ccsc2n1. The molecular weight excluding hydrogens is 348 g/mol. The molecule has 136 valence electrons. The number of hydrogen-bond acceptors (Lipinski definition) is 4. The average Bonchev–Trinajstić information content (AvgIpc) is 3.25. The van der Waals surface area contributed by atoms with E-state index in [-0.39, 0.29) is 12.1 Å². The second kappa shape index (κ2) is 6.74. The standard InChI is InChI=1S/C19H22N4O2S/c1-14(16-13-23-11-12-26-18(23)21-16)20-17(24)22-9-7-19(25,8-10-22)15-5-3-2-4-6-15/h2-6,11-14,25H,7-10H2,1H3,(H,20,24)/t14-/m0/s1. The van der Waals surface area contributed by atoms with Crippen molar-refractivity contribution in [3.8, 4) is 0 Å². The number of urea groups is 1. The van der Waals surface area contributed by atoms with Crippen molar-refractivity contribution < 1.29 is 9.90 Å². The molecule has 2 amide bonds. The summed E-state index contributed by atoms with van der Waals surface area (Å²) in [5.41, 5.74) is 0.923. The summed E-state index contributed by atoms with van der Waals surface area (Å²) in [7, 11) is 0. The van der Waals surface area contributed by atoms with Crippen molar-refractivity contribution in [2.45, 2.75) is 31.4 Å². The Bertz CT molecular complexity index is 868. The predicted octanol–water partition coefficient (Wildman–Crippen LogP) is 3.15. The van der Waals surface area contributed by atoms with Gasteiger partial charge in [-0.2, -0.15) is 0 Å². The van der Waals surface area contributed by atoms with Crippen molar-refractivity contribution >= 4 is 22.3 Å². The summed E-state index contributed by atoms with van der Waals surface area (Å²) in [4.78, 5) is 19.8. The zero-order valence-electron chi connectivity index (χ0n) is 14.6. The number of likely N-dealkylation sites (tertiary alicyclic amines) is 1. The van der Waals surface area contributed by atoms with Gasteiger partial charge in [-0.3, -0.25) is 4.40 Å². The molecule has 4 rings (SSSR count). The molecule has 6 nitrogen and oxygen atoms in total. The Morgan fingerprint density at radius 2 is 2.04 bits per heavy atom. The van der Waals surface area contributed by atoms with Crippen LogP contribution in [0.5, 0.6) is 0 Å². The fourth-order valence-electron chi connectivity index (χ4n) is 3.42. The van der Waals surface area contributed by atoms with Gasteiger partial charge < -0.3 is 15.3 Å². The van der Waals surface area contributed by atoms with Crippen LogP contribution >= 0.6 is 11.3 Å². The number of benzene rings is 1. The molecule has 1 atom stereocenters. The van der Waals surface area contributed by atoms with Crippen LogP contribution in [0, 0.1) is 0 Å². The van der Waals surface area contributed by atoms with Crippen molar-refractivity contribution in [3.05, 3.63) is 59.4 Å². The zero-order valence-corrected chi connectivity index (χ0v) is 15.4. The highest BCUT2D eigenvalue weighted by Gasteiger charge is 2.35. The minimum Gasteiger partial charge on any atom is -0.385 e. The molecule has 0 unspecified atom stereocenters. The maximum atomic E-state index is 12.6. The number of rotatable bonds is 3. The largest absolute Gasteiger partial charge is 0.385 e. The normalized spacial score (nSPS) is 18.0. The number of thiazole rings is 1. The van der Waals surface area contributed by atoms with E-state index >= 15 is 0 Å². The second-order valence-electron chi connectivity index (χ2n) is 6.81. The van der Waals surface area contributed by atoms with Gasteiger partial charge >= 0.3 is 6.03 Å². The Balaban J connectivity index is 1.37. The maximum Gasteiger partial charge on any atom is 0.317 e. The van der Waals surface area contributed by atoms with Crippen molar-refractivity contribution in [2.75, 3.05) is 13.1 Å². The van der Waals surface area contributed by atoms with Crippen LogP contribution in [0.4, 0.5) is 4.79 Å². The molecule has 7 heteroatoms. The van der Waals surface area contributed by atoms with Crippen molar-refractivity contribution in [3.63, 3.8) is 0 Å². The monoisotopic (exact) mass is 370 g/mol. The number of fused-ring (bicyclic) bond motifs is 1. The Hall–Kier alpha value is -2.38. The number of nitrogens with one attached hydrogen (secondary N) is 1. The van der Waals surface area contributed by atoms with Gasteiger partial charge in [-0.25, -0.2) is 9.78 Å². The number of carbonyl (C=O) groups is 1. The maximum absolute atomic E-state index is 12.6. The van der Waals surface area contributed by atoms with Crippen LogP contribution in [-0.2, 0) is 5.60 Å². The zero-order chi connectivity index (χ0) is 18.1. The topological polar surface area (TPSA) is 69.9 Å². The van der Waals surface area contributed by atoms with Gasteiger partial charge in [0.1, 0.15) is 0 Å². The molecule has 1 aromatic carbocycles. The number of amides is 2. The third kappa shape index (κ3) is 3.20. The minimum absolute atomic E-state index is 0.107. The fourth-order valence-corrected chi connectivity index (χ4v) is 4.13. The van der Waals surface area contributed by atoms with Crippen LogP contribution in [0.15, 0.2) is 48.1 Å². The number of piperidine rings is 1. The summed E-state index contributed by atoms with van der Waals surface area (Å²) in [6.45, 7) is 3.00. The first-order chi connectivity index (χ1) is 12.5. The molecule has 2 N–H and O–H groups in total. The van der Waals surface area contributed by atoms with Crippen LogP contribution in [0.2, 0.25) is 0 Å². The number of nitrogens with zero attached hydrogens (tertiary/aromatic N) is 3. The van der Waals surface area contributed by atoms with E-state index in [1.807, 2.05) is 59.4 Å². The van der Waals surface area contributed by atoms with Gasteiger partial charge in [-0.1, -0.05) is 30.3 Å². The molecule has 0 radical (unpaired) electrons. The van der Waals surface area contributed by atoms with Crippen LogP contribution in [0.1, 0.15) is 37.1 Å². The summed E-state index contributed by atoms with van der Waals surface area (Å²) in [6.07, 6.45) is 4.99. The van der Waals surface area contributed by atoms with Gasteiger partial charge in [-0.15, -0.1) is 11.3 Å². The lowest BCUT2D eigenvalue weighted by atomic mass is 9.84. The summed E-state index contributed by atoms with van der Waals surface area (Å²) in [6, 6.07) is 9.43. The molecule has 1 fully saturated rings. The fraction of sp³-hybridized carbons (Fsp3) is 0.368. The highest BCUT2D eigenvalue weighted by Crippen LogP contribution is 2.32. The van der Waals surface area contributed by atoms with Crippen LogP contribution in [0.3, 0.4) is 0 Å². The molecular formula is C19H22N4O2S. The summed E-state index contributed by atoms with van der Waals surface area (Å²) < 4.78 is 1.96. The number of hydrogen-bond donors (Lipinski definition) is 2. The van der Waals surface area contributed by atoms with E-state index < -0.39 is 5.60 Å². The summed E-state index contributed by atoms with van der Waals surface area (Å²) in [5.74, 6) is 0. The molecule has 1 aliphatic rings. The molecule has 3 aromatic rings. The highest BCUT2D eigenvalue weighted by molar-refractivity contribution is 7.15. The number of aromatic nitrogens is 2. The van der Waals surface area contributed by atoms with Gasteiger partial charge in [0.25, 0.3) is 0 Å². The summed E-state index contributed by atoms with van der Waals surface area (Å²) >= 11 is 1.57. The number of aliphatic hydroxyl groups is 1. The van der Waals surface area contributed by atoms with E-state index in [4.69, 9.17) is 0 Å². The Labute approximate surface area is 156 Å². The second-order valence-corrected chi connectivity index (χ2v) is 7.69. The van der Waals surface area contributed by atoms with Gasteiger partial charge in [0.15, 0.2) is 4.96 Å². The predicted molar refractivity (Wildman–Crippen MR) is 101 cm³/mol. The molecule has 26 heavy (non-hydrogen) atoms. The quantitative estimate of drug-likeness (QED) is 0.744. The van der Waals surface area contributed by atoms with Gasteiger partial charge in [0.05, 0.1) is 17.3 Å². The number of imidazole rings is 1. The van der Waals surface area contributed by atoms with Crippen LogP contribution in [-0.4, -0.2) is 38.5 Å². The highest BCUT2D eigenvalue weighted by atomic mass is 32.1. The van der Waals surface area contributed by atoms with Crippen molar-refractivity contribution in [1.29, 1.82) is 0 Å². The van der Waals surface area contributed by atoms with E-state index in [9.17, 15) is 9.90 Å². The lowest BCUT2D eigenvalue weighted by Gasteiger charge is -2.38. The third-order valence-electron chi connectivity index (χ3n) is 5.08. The van der Waals surface area contributed by atoms with Gasteiger partial charge in [-0.05, 0) is 25.3 Å². The molecule has 0 aliphatic carbocycles. The lowest BCUT2D eigenvalue weighted by Crippen LogP contribution is -2.49. The number of carbonyl (C=O) groups excluding carboxylic acids is 1. The van der Waals surface area contributed by atoms with Gasteiger partial charge in [0, 0.05) is 30.9 Å². The van der Waals surface area contributed by atoms with Crippen molar-refractivity contribution in [2.24, 2.45) is 0 Å². The van der Waals surface area contributed by atoms with Crippen LogP contribution in [0.25, 0.3) is 4.96 Å². The first kappa shape index (κ1) is 17.1. The lowest BCUT2D eigenvalue weighted by molar-refractivity contribution is -0.0169. The molecule has 1 saturated heterocycles. The Morgan fingerprint density at radius 1 is 1.31 bits per heavy atom. The molecule has 2 aromatic heterocycles. The van der Waals surface area contributed by atoms with E-state index in [0.29, 0.717) is 25.9 Å². The summed E-state index contributed by atoms with van der Waals surface area (Å²) in [5, 5.41) is 15.9. The van der Waals surface area contributed by atoms with Crippen LogP contribution < -0.4 is 5.32 Å². The Morgan fingerprint density at radius 3 is 2.73 bits per heavy atom. The van der Waals surface area contributed by atoms with E-state index in [1.165, 1.54) is 0 Å². The first-order valence-corrected chi connectivity index (χ1v) is 9.68. The molecule has 0 saturated carbocycles. The Kier molecular flexibility index (Phi) is 4.42. The van der Waals surface area contributed by atoms with E-state index in [0.717, 1.165) is 16.2 Å². The molecule has 0 spiro atoms. The first-order valence-electron chi connectivity index (χ1n) is 8.81. The minimum atomic E-state index is -0.849. The third-order valence-corrected chi connectivity index (χ3v) is 5.86. The molecule has 3 heterocycles. The van der Waals surface area contributed by atoms with E-state index in [2.05, 4.69) is 10.3 Å². The van der Waals surface area contributed by atoms with Crippen molar-refractivity contribution in [1.82, 2.24) is 19.6 Å². The molecule has 1 aliphatic heterocycles. The smallest absolute Gasteiger partial charge is 0.317 e. The van der Waals surface area contributed by atoms with Gasteiger partial charge in [0.2, 0.25) is 0 Å².